The van der Waals surface area contributed by atoms with E-state index in [1.807, 2.05) is 17.8 Å². The zero-order chi connectivity index (χ0) is 25.1. The molecule has 1 fully saturated rings. The number of benzene rings is 1. The first-order valence-electron chi connectivity index (χ1n) is 11.8. The van der Waals surface area contributed by atoms with Crippen LogP contribution in [0.3, 0.4) is 0 Å². The van der Waals surface area contributed by atoms with E-state index < -0.39 is 11.4 Å². The SMILES string of the molecule is COc1cc2nc(N)n3nc(C4CCC(C)N(c5cnn(CC(C)(C)O)c5C)C4)nc3c2cc1F. The number of nitrogens with two attached hydrogens (primary N) is 1. The lowest BCUT2D eigenvalue weighted by Crippen LogP contribution is -2.41. The Balaban J connectivity index is 1.50. The second-order valence-electron chi connectivity index (χ2n) is 10.0. The maximum absolute atomic E-state index is 14.5. The van der Waals surface area contributed by atoms with Gasteiger partial charge in [-0.2, -0.15) is 9.61 Å². The molecule has 0 radical (unpaired) electrons. The molecule has 4 heterocycles. The van der Waals surface area contributed by atoms with Gasteiger partial charge in [-0.15, -0.1) is 5.10 Å². The van der Waals surface area contributed by atoms with Crippen LogP contribution in [0.5, 0.6) is 5.75 Å². The van der Waals surface area contributed by atoms with Crippen LogP contribution >= 0.6 is 0 Å². The van der Waals surface area contributed by atoms with E-state index >= 15 is 0 Å². The third kappa shape index (κ3) is 4.13. The fourth-order valence-corrected chi connectivity index (χ4v) is 4.87. The normalized spacial score (nSPS) is 19.1. The number of fused-ring (bicyclic) bond motifs is 3. The number of anilines is 2. The fraction of sp³-hybridized carbons (Fsp3) is 0.500. The van der Waals surface area contributed by atoms with Gasteiger partial charge in [-0.3, -0.25) is 4.68 Å². The molecule has 2 unspecified atom stereocenters. The highest BCUT2D eigenvalue weighted by molar-refractivity contribution is 5.93. The minimum absolute atomic E-state index is 0.0562. The molecule has 0 bridgehead atoms. The average Bonchev–Trinajstić information content (AvgIpc) is 3.39. The maximum Gasteiger partial charge on any atom is 0.223 e. The number of nitrogens with zero attached hydrogens (tertiary/aromatic N) is 7. The number of aliphatic hydroxyl groups is 1. The molecular weight excluding hydrogens is 451 g/mol. The molecule has 186 valence electrons. The van der Waals surface area contributed by atoms with Crippen LogP contribution in [0.4, 0.5) is 16.0 Å². The molecular formula is C24H31FN8O2. The van der Waals surface area contributed by atoms with Crippen LogP contribution in [-0.2, 0) is 6.54 Å². The topological polar surface area (TPSA) is 120 Å². The summed E-state index contributed by atoms with van der Waals surface area (Å²) in [4.78, 5) is 11.5. The highest BCUT2D eigenvalue weighted by Gasteiger charge is 2.32. The van der Waals surface area contributed by atoms with Crippen molar-refractivity contribution in [1.82, 2.24) is 29.4 Å². The van der Waals surface area contributed by atoms with Gasteiger partial charge in [0.25, 0.3) is 0 Å². The van der Waals surface area contributed by atoms with E-state index in [2.05, 4.69) is 27.0 Å². The highest BCUT2D eigenvalue weighted by Crippen LogP contribution is 2.35. The predicted octanol–water partition coefficient (Wildman–Crippen LogP) is 3.06. The van der Waals surface area contributed by atoms with E-state index in [1.54, 1.807) is 13.8 Å². The van der Waals surface area contributed by atoms with Crippen LogP contribution in [0.15, 0.2) is 18.3 Å². The number of nitrogen functional groups attached to an aromatic ring is 1. The summed E-state index contributed by atoms with van der Waals surface area (Å²) in [6.45, 7) is 8.89. The first-order chi connectivity index (χ1) is 16.6. The highest BCUT2D eigenvalue weighted by atomic mass is 19.1. The Hall–Kier alpha value is -3.47. The first kappa shape index (κ1) is 23.3. The molecule has 3 aromatic heterocycles. The van der Waals surface area contributed by atoms with E-state index in [0.717, 1.165) is 24.2 Å². The largest absolute Gasteiger partial charge is 0.494 e. The average molecular weight is 483 g/mol. The molecule has 35 heavy (non-hydrogen) atoms. The number of aromatic nitrogens is 6. The van der Waals surface area contributed by atoms with E-state index in [-0.39, 0.29) is 17.6 Å². The third-order valence-corrected chi connectivity index (χ3v) is 6.76. The predicted molar refractivity (Wildman–Crippen MR) is 131 cm³/mol. The Morgan fingerprint density at radius 2 is 2.03 bits per heavy atom. The third-order valence-electron chi connectivity index (χ3n) is 6.76. The Bertz CT molecular complexity index is 1410. The Labute approximate surface area is 202 Å². The van der Waals surface area contributed by atoms with Gasteiger partial charge >= 0.3 is 0 Å². The summed E-state index contributed by atoms with van der Waals surface area (Å²) in [5.41, 5.74) is 8.34. The molecule has 0 aliphatic carbocycles. The van der Waals surface area contributed by atoms with Gasteiger partial charge in [0.05, 0.1) is 42.4 Å². The minimum Gasteiger partial charge on any atom is -0.494 e. The molecule has 4 aromatic rings. The molecule has 1 aliphatic heterocycles. The van der Waals surface area contributed by atoms with Crippen LogP contribution < -0.4 is 15.4 Å². The van der Waals surface area contributed by atoms with Gasteiger partial charge in [-0.05, 0) is 46.6 Å². The smallest absolute Gasteiger partial charge is 0.223 e. The van der Waals surface area contributed by atoms with Crippen molar-refractivity contribution >= 4 is 28.2 Å². The van der Waals surface area contributed by atoms with Crippen molar-refractivity contribution in [1.29, 1.82) is 0 Å². The van der Waals surface area contributed by atoms with Gasteiger partial charge in [-0.1, -0.05) is 0 Å². The standard InChI is InChI=1S/C24H31FN8O2/c1-13-6-7-15(11-31(13)19-10-27-32(14(19)2)12-24(3,4)34)21-29-22-16-8-17(25)20(35-5)9-18(16)28-23(26)33(22)30-21/h8-10,13,15,34H,6-7,11-12H2,1-5H3,(H2,26,28). The van der Waals surface area contributed by atoms with Gasteiger partial charge in [0.15, 0.2) is 23.0 Å². The Kier molecular flexibility index (Phi) is 5.54. The second-order valence-corrected chi connectivity index (χ2v) is 10.0. The van der Waals surface area contributed by atoms with Crippen LogP contribution in [-0.4, -0.2) is 59.8 Å². The number of hydrogen-bond acceptors (Lipinski definition) is 8. The fourth-order valence-electron chi connectivity index (χ4n) is 4.87. The summed E-state index contributed by atoms with van der Waals surface area (Å²) in [5.74, 6) is 0.506. The first-order valence-corrected chi connectivity index (χ1v) is 11.8. The van der Waals surface area contributed by atoms with Crippen LogP contribution in [0.2, 0.25) is 0 Å². The summed E-state index contributed by atoms with van der Waals surface area (Å²) in [6, 6.07) is 3.20. The van der Waals surface area contributed by atoms with E-state index in [9.17, 15) is 9.50 Å². The molecule has 10 nitrogen and oxygen atoms in total. The molecule has 0 amide bonds. The van der Waals surface area contributed by atoms with Gasteiger partial charge in [0.2, 0.25) is 5.95 Å². The van der Waals surface area contributed by atoms with Crippen LogP contribution in [0.1, 0.15) is 51.0 Å². The molecule has 2 atom stereocenters. The summed E-state index contributed by atoms with van der Waals surface area (Å²) in [6.07, 6.45) is 3.73. The number of halogens is 1. The number of piperidine rings is 1. The molecule has 1 aliphatic rings. The molecule has 0 spiro atoms. The van der Waals surface area contributed by atoms with Gasteiger partial charge in [0, 0.05) is 30.0 Å². The van der Waals surface area contributed by atoms with Crippen molar-refractivity contribution in [3.05, 3.63) is 35.7 Å². The van der Waals surface area contributed by atoms with Gasteiger partial charge in [-0.25, -0.2) is 14.4 Å². The number of methoxy groups -OCH3 is 1. The van der Waals surface area contributed by atoms with Crippen molar-refractivity contribution in [2.24, 2.45) is 0 Å². The van der Waals surface area contributed by atoms with Crippen LogP contribution in [0, 0.1) is 12.7 Å². The van der Waals surface area contributed by atoms with Crippen molar-refractivity contribution < 1.29 is 14.2 Å². The number of rotatable bonds is 5. The monoisotopic (exact) mass is 482 g/mol. The molecule has 0 saturated carbocycles. The lowest BCUT2D eigenvalue weighted by Gasteiger charge is -2.38. The van der Waals surface area contributed by atoms with Gasteiger partial charge in [0.1, 0.15) is 0 Å². The summed E-state index contributed by atoms with van der Waals surface area (Å²) >= 11 is 0. The number of ether oxygens (including phenoxy) is 1. The lowest BCUT2D eigenvalue weighted by molar-refractivity contribution is 0.0571. The van der Waals surface area contributed by atoms with E-state index in [0.29, 0.717) is 41.5 Å². The summed E-state index contributed by atoms with van der Waals surface area (Å²) in [7, 11) is 1.41. The molecule has 11 heteroatoms. The van der Waals surface area contributed by atoms with Gasteiger partial charge < -0.3 is 20.5 Å². The summed E-state index contributed by atoms with van der Waals surface area (Å²) in [5, 5.41) is 20.0. The molecule has 3 N–H and O–H groups in total. The summed E-state index contributed by atoms with van der Waals surface area (Å²) < 4.78 is 22.9. The maximum atomic E-state index is 14.5. The van der Waals surface area contributed by atoms with E-state index in [4.69, 9.17) is 15.5 Å². The quantitative estimate of drug-likeness (QED) is 0.445. The zero-order valence-electron chi connectivity index (χ0n) is 20.7. The zero-order valence-corrected chi connectivity index (χ0v) is 20.7. The Morgan fingerprint density at radius 1 is 1.26 bits per heavy atom. The van der Waals surface area contributed by atoms with Crippen molar-refractivity contribution in [2.45, 2.75) is 64.6 Å². The van der Waals surface area contributed by atoms with Crippen molar-refractivity contribution in [3.8, 4) is 5.75 Å². The molecule has 5 rings (SSSR count). The van der Waals surface area contributed by atoms with Crippen molar-refractivity contribution in [3.63, 3.8) is 0 Å². The van der Waals surface area contributed by atoms with Crippen molar-refractivity contribution in [2.75, 3.05) is 24.3 Å². The lowest BCUT2D eigenvalue weighted by atomic mass is 9.92. The molecule has 1 saturated heterocycles. The number of hydrogen-bond donors (Lipinski definition) is 2. The Morgan fingerprint density at radius 3 is 2.74 bits per heavy atom. The minimum atomic E-state index is -0.856. The van der Waals surface area contributed by atoms with E-state index in [1.165, 1.54) is 23.8 Å². The molecule has 1 aromatic carbocycles. The second kappa shape index (κ2) is 8.33. The van der Waals surface area contributed by atoms with Crippen LogP contribution in [0.25, 0.3) is 16.6 Å².